The number of nitrogens with zero attached hydrogens (tertiary/aromatic N) is 4. The minimum atomic E-state index is 0.175. The van der Waals surface area contributed by atoms with Crippen molar-refractivity contribution >= 4 is 28.2 Å². The number of anilines is 1. The van der Waals surface area contributed by atoms with Crippen LogP contribution in [0.3, 0.4) is 0 Å². The lowest BCUT2D eigenvalue weighted by Crippen LogP contribution is -2.22. The second-order valence-corrected chi connectivity index (χ2v) is 6.99. The Hall–Kier alpha value is -1.99. The first-order chi connectivity index (χ1) is 12.2. The smallest absolute Gasteiger partial charge is 0.154 e. The summed E-state index contributed by atoms with van der Waals surface area (Å²) in [6.07, 6.45) is 6.05. The third kappa shape index (κ3) is 4.35. The molecule has 0 saturated carbocycles. The Morgan fingerprint density at radius 2 is 2.20 bits per heavy atom. The number of hydrogen-bond donors (Lipinski definition) is 2. The molecule has 0 unspecified atom stereocenters. The number of nitrogens with one attached hydrogen (secondary N) is 1. The van der Waals surface area contributed by atoms with Gasteiger partial charge in [-0.1, -0.05) is 19.8 Å². The third-order valence-corrected chi connectivity index (χ3v) is 4.90. The van der Waals surface area contributed by atoms with Crippen molar-refractivity contribution < 1.29 is 5.11 Å². The van der Waals surface area contributed by atoms with E-state index >= 15 is 0 Å². The number of aromatic nitrogens is 4. The summed E-state index contributed by atoms with van der Waals surface area (Å²) in [6, 6.07) is 2.24. The van der Waals surface area contributed by atoms with Crippen LogP contribution < -0.4 is 5.32 Å². The molecule has 6 nitrogen and oxygen atoms in total. The van der Waals surface area contributed by atoms with Crippen LogP contribution in [0.4, 0.5) is 5.82 Å². The molecule has 0 aliphatic rings. The van der Waals surface area contributed by atoms with E-state index in [1.807, 2.05) is 24.7 Å². The van der Waals surface area contributed by atoms with E-state index in [0.717, 1.165) is 54.1 Å². The van der Waals surface area contributed by atoms with E-state index in [4.69, 9.17) is 0 Å². The minimum absolute atomic E-state index is 0.175. The lowest BCUT2D eigenvalue weighted by molar-refractivity contribution is 0.276. The van der Waals surface area contributed by atoms with Gasteiger partial charge in [-0.3, -0.25) is 0 Å². The highest BCUT2D eigenvalue weighted by atomic mass is 32.1. The van der Waals surface area contributed by atoms with Gasteiger partial charge in [-0.15, -0.1) is 11.3 Å². The second-order valence-electron chi connectivity index (χ2n) is 6.27. The van der Waals surface area contributed by atoms with Gasteiger partial charge in [-0.25, -0.2) is 15.0 Å². The number of aliphatic hydroxyl groups excluding tert-OH is 1. The molecule has 0 radical (unpaired) electrons. The molecule has 0 spiro atoms. The highest BCUT2D eigenvalue weighted by Gasteiger charge is 2.15. The standard InChI is InChI=1S/C18H25N5OS/c1-3-4-5-14(7-9-24)22-18-17-16(20-13(2)21-18)6-8-23(17)10-15-11-25-12-19-15/h6,8,11-12,14,24H,3-5,7,9-10H2,1-2H3,(H,20,21,22)/t14-/m0/s1. The molecule has 134 valence electrons. The number of unbranched alkanes of at least 4 members (excludes halogenated alkanes) is 1. The van der Waals surface area contributed by atoms with Gasteiger partial charge in [-0.05, 0) is 25.8 Å². The van der Waals surface area contributed by atoms with Gasteiger partial charge in [0.1, 0.15) is 11.3 Å². The predicted octanol–water partition coefficient (Wildman–Crippen LogP) is 3.60. The van der Waals surface area contributed by atoms with Crippen LogP contribution in [0.1, 0.15) is 44.1 Å². The number of fused-ring (bicyclic) bond motifs is 1. The number of thiazole rings is 1. The molecule has 0 aliphatic carbocycles. The van der Waals surface area contributed by atoms with Crippen molar-refractivity contribution in [3.05, 3.63) is 34.7 Å². The van der Waals surface area contributed by atoms with Gasteiger partial charge in [0.25, 0.3) is 0 Å². The van der Waals surface area contributed by atoms with Crippen molar-refractivity contribution in [2.24, 2.45) is 0 Å². The molecule has 3 aromatic rings. The fourth-order valence-electron chi connectivity index (χ4n) is 3.03. The Labute approximate surface area is 152 Å². The molecule has 7 heteroatoms. The van der Waals surface area contributed by atoms with Crippen molar-refractivity contribution in [3.63, 3.8) is 0 Å². The Morgan fingerprint density at radius 3 is 2.92 bits per heavy atom. The van der Waals surface area contributed by atoms with Crippen LogP contribution in [0, 0.1) is 6.92 Å². The van der Waals surface area contributed by atoms with Crippen molar-refractivity contribution in [1.29, 1.82) is 0 Å². The van der Waals surface area contributed by atoms with Gasteiger partial charge < -0.3 is 15.0 Å². The minimum Gasteiger partial charge on any atom is -0.396 e. The zero-order valence-corrected chi connectivity index (χ0v) is 15.6. The van der Waals surface area contributed by atoms with E-state index in [1.165, 1.54) is 0 Å². The van der Waals surface area contributed by atoms with Crippen molar-refractivity contribution in [3.8, 4) is 0 Å². The number of aliphatic hydroxyl groups is 1. The molecule has 0 amide bonds. The quantitative estimate of drug-likeness (QED) is 0.610. The van der Waals surface area contributed by atoms with E-state index in [2.05, 4.69) is 37.1 Å². The molecular formula is C18H25N5OS. The van der Waals surface area contributed by atoms with E-state index in [9.17, 15) is 5.11 Å². The Bertz CT molecular complexity index is 799. The molecule has 2 N–H and O–H groups in total. The van der Waals surface area contributed by atoms with Gasteiger partial charge >= 0.3 is 0 Å². The molecule has 25 heavy (non-hydrogen) atoms. The van der Waals surface area contributed by atoms with Crippen LogP contribution in [-0.4, -0.2) is 37.3 Å². The zero-order valence-electron chi connectivity index (χ0n) is 14.8. The predicted molar refractivity (Wildman–Crippen MR) is 102 cm³/mol. The molecular weight excluding hydrogens is 334 g/mol. The lowest BCUT2D eigenvalue weighted by atomic mass is 10.1. The normalized spacial score (nSPS) is 12.6. The van der Waals surface area contributed by atoms with Crippen LogP contribution in [0.5, 0.6) is 0 Å². The fourth-order valence-corrected chi connectivity index (χ4v) is 3.58. The monoisotopic (exact) mass is 359 g/mol. The first-order valence-electron chi connectivity index (χ1n) is 8.79. The first kappa shape index (κ1) is 17.8. The average Bonchev–Trinajstić information content (AvgIpc) is 3.23. The second kappa shape index (κ2) is 8.40. The van der Waals surface area contributed by atoms with Gasteiger partial charge in [0, 0.05) is 24.2 Å². The largest absolute Gasteiger partial charge is 0.396 e. The van der Waals surface area contributed by atoms with E-state index in [-0.39, 0.29) is 12.6 Å². The maximum Gasteiger partial charge on any atom is 0.154 e. The molecule has 3 aromatic heterocycles. The number of aryl methyl sites for hydroxylation is 1. The van der Waals surface area contributed by atoms with E-state index in [0.29, 0.717) is 6.54 Å². The molecule has 0 fully saturated rings. The zero-order chi connectivity index (χ0) is 17.6. The van der Waals surface area contributed by atoms with Crippen LogP contribution >= 0.6 is 11.3 Å². The summed E-state index contributed by atoms with van der Waals surface area (Å²) in [6.45, 7) is 4.97. The first-order valence-corrected chi connectivity index (χ1v) is 9.73. The van der Waals surface area contributed by atoms with Crippen LogP contribution in [0.15, 0.2) is 23.2 Å². The van der Waals surface area contributed by atoms with E-state index in [1.54, 1.807) is 11.3 Å². The SMILES string of the molecule is CCCC[C@@H](CCO)Nc1nc(C)nc2ccn(Cc3cscn3)c12. The summed E-state index contributed by atoms with van der Waals surface area (Å²) < 4.78 is 2.14. The highest BCUT2D eigenvalue weighted by molar-refractivity contribution is 7.07. The Kier molecular flexibility index (Phi) is 5.99. The summed E-state index contributed by atoms with van der Waals surface area (Å²) in [4.78, 5) is 13.6. The molecule has 3 rings (SSSR count). The Balaban J connectivity index is 1.93. The number of hydrogen-bond acceptors (Lipinski definition) is 6. The molecule has 3 heterocycles. The van der Waals surface area contributed by atoms with Gasteiger partial charge in [0.05, 0.1) is 23.3 Å². The molecule has 0 aliphatic heterocycles. The maximum atomic E-state index is 9.38. The van der Waals surface area contributed by atoms with Crippen LogP contribution in [-0.2, 0) is 6.54 Å². The Morgan fingerprint density at radius 1 is 1.32 bits per heavy atom. The van der Waals surface area contributed by atoms with Crippen molar-refractivity contribution in [2.45, 2.75) is 52.1 Å². The molecule has 1 atom stereocenters. The summed E-state index contributed by atoms with van der Waals surface area (Å²) >= 11 is 1.60. The number of rotatable bonds is 9. The summed E-state index contributed by atoms with van der Waals surface area (Å²) in [5, 5.41) is 15.0. The lowest BCUT2D eigenvalue weighted by Gasteiger charge is -2.19. The van der Waals surface area contributed by atoms with Gasteiger partial charge in [-0.2, -0.15) is 0 Å². The molecule has 0 aromatic carbocycles. The molecule has 0 saturated heterocycles. The van der Waals surface area contributed by atoms with Gasteiger partial charge in [0.15, 0.2) is 5.82 Å². The van der Waals surface area contributed by atoms with Crippen molar-refractivity contribution in [2.75, 3.05) is 11.9 Å². The summed E-state index contributed by atoms with van der Waals surface area (Å²) in [5.74, 6) is 1.59. The highest BCUT2D eigenvalue weighted by Crippen LogP contribution is 2.24. The summed E-state index contributed by atoms with van der Waals surface area (Å²) in [7, 11) is 0. The van der Waals surface area contributed by atoms with Crippen LogP contribution in [0.25, 0.3) is 11.0 Å². The summed E-state index contributed by atoms with van der Waals surface area (Å²) in [5.41, 5.74) is 4.82. The van der Waals surface area contributed by atoms with Gasteiger partial charge in [0.2, 0.25) is 0 Å². The van der Waals surface area contributed by atoms with E-state index < -0.39 is 0 Å². The topological polar surface area (TPSA) is 75.9 Å². The third-order valence-electron chi connectivity index (χ3n) is 4.26. The van der Waals surface area contributed by atoms with Crippen molar-refractivity contribution in [1.82, 2.24) is 19.5 Å². The maximum absolute atomic E-state index is 9.38. The molecule has 0 bridgehead atoms. The van der Waals surface area contributed by atoms with Crippen LogP contribution in [0.2, 0.25) is 0 Å². The average molecular weight is 359 g/mol. The fraction of sp³-hybridized carbons (Fsp3) is 0.500.